The number of nitro benzene ring substituents is 1. The summed E-state index contributed by atoms with van der Waals surface area (Å²) in [6, 6.07) is 6.02. The Morgan fingerprint density at radius 1 is 1.20 bits per heavy atom. The molecule has 0 spiro atoms. The van der Waals surface area contributed by atoms with Crippen molar-refractivity contribution in [1.82, 2.24) is 10.6 Å². The van der Waals surface area contributed by atoms with E-state index in [1.165, 1.54) is 18.9 Å². The van der Waals surface area contributed by atoms with Gasteiger partial charge in [-0.2, -0.15) is 0 Å². The smallest absolute Gasteiger partial charge is 0.293 e. The summed E-state index contributed by atoms with van der Waals surface area (Å²) in [5.41, 5.74) is 1.03. The third kappa shape index (κ3) is 3.33. The van der Waals surface area contributed by atoms with Crippen LogP contribution in [-0.4, -0.2) is 42.0 Å². The maximum atomic E-state index is 12.6. The molecule has 3 aliphatic heterocycles. The molecule has 3 aliphatic rings. The Kier molecular flexibility index (Phi) is 4.33. The first kappa shape index (κ1) is 16.3. The first-order chi connectivity index (χ1) is 12.1. The first-order valence-corrected chi connectivity index (χ1v) is 9.20. The number of fused-ring (bicyclic) bond motifs is 2. The zero-order chi connectivity index (χ0) is 17.4. The van der Waals surface area contributed by atoms with Crippen molar-refractivity contribution in [3.8, 4) is 0 Å². The van der Waals surface area contributed by atoms with Gasteiger partial charge in [-0.05, 0) is 50.7 Å². The second-order valence-electron chi connectivity index (χ2n) is 7.43. The molecule has 3 heterocycles. The summed E-state index contributed by atoms with van der Waals surface area (Å²) in [4.78, 5) is 25.7. The topological polar surface area (TPSA) is 87.5 Å². The SMILES string of the molecule is O=C(NC1CC2CCC(C1)N2)c1ccc(N2CCCC2)c([N+](=O)[O-])c1. The predicted molar refractivity (Wildman–Crippen MR) is 95.0 cm³/mol. The van der Waals surface area contributed by atoms with Crippen LogP contribution in [0.25, 0.3) is 0 Å². The minimum Gasteiger partial charge on any atom is -0.366 e. The Hall–Kier alpha value is -2.15. The number of amides is 1. The lowest BCUT2D eigenvalue weighted by Crippen LogP contribution is -2.48. The highest BCUT2D eigenvalue weighted by Crippen LogP contribution is 2.32. The molecule has 25 heavy (non-hydrogen) atoms. The highest BCUT2D eigenvalue weighted by Gasteiger charge is 2.34. The van der Waals surface area contributed by atoms with Crippen LogP contribution in [0.2, 0.25) is 0 Å². The summed E-state index contributed by atoms with van der Waals surface area (Å²) in [5.74, 6) is -0.206. The van der Waals surface area contributed by atoms with E-state index in [9.17, 15) is 14.9 Å². The molecule has 3 saturated heterocycles. The fourth-order valence-electron chi connectivity index (χ4n) is 4.48. The van der Waals surface area contributed by atoms with Crippen LogP contribution in [0.5, 0.6) is 0 Å². The van der Waals surface area contributed by atoms with Crippen molar-refractivity contribution in [1.29, 1.82) is 0 Å². The quantitative estimate of drug-likeness (QED) is 0.646. The van der Waals surface area contributed by atoms with Gasteiger partial charge in [0, 0.05) is 42.8 Å². The zero-order valence-corrected chi connectivity index (χ0v) is 14.2. The van der Waals surface area contributed by atoms with Crippen LogP contribution < -0.4 is 15.5 Å². The van der Waals surface area contributed by atoms with Crippen molar-refractivity contribution >= 4 is 17.3 Å². The summed E-state index contributed by atoms with van der Waals surface area (Å²) < 4.78 is 0. The molecule has 2 bridgehead atoms. The van der Waals surface area contributed by atoms with Gasteiger partial charge in [0.15, 0.2) is 0 Å². The molecule has 1 aromatic rings. The van der Waals surface area contributed by atoms with Crippen LogP contribution in [0.15, 0.2) is 18.2 Å². The summed E-state index contributed by atoms with van der Waals surface area (Å²) in [5, 5.41) is 18.1. The zero-order valence-electron chi connectivity index (χ0n) is 14.2. The largest absolute Gasteiger partial charge is 0.366 e. The van der Waals surface area contributed by atoms with Crippen LogP contribution in [0.3, 0.4) is 0 Å². The van der Waals surface area contributed by atoms with Crippen molar-refractivity contribution < 1.29 is 9.72 Å². The van der Waals surface area contributed by atoms with E-state index in [1.54, 1.807) is 12.1 Å². The van der Waals surface area contributed by atoms with Gasteiger partial charge in [-0.25, -0.2) is 0 Å². The lowest BCUT2D eigenvalue weighted by molar-refractivity contribution is -0.384. The summed E-state index contributed by atoms with van der Waals surface area (Å²) in [6.07, 6.45) is 6.33. The Balaban J connectivity index is 1.50. The molecule has 3 fully saturated rings. The minimum absolute atomic E-state index is 0.0277. The number of carbonyl (C=O) groups excluding carboxylic acids is 1. The van der Waals surface area contributed by atoms with E-state index in [0.717, 1.165) is 38.8 Å². The molecular weight excluding hydrogens is 320 g/mol. The molecule has 4 rings (SSSR count). The van der Waals surface area contributed by atoms with Crippen molar-refractivity contribution in [3.05, 3.63) is 33.9 Å². The molecule has 2 unspecified atom stereocenters. The number of rotatable bonds is 4. The Morgan fingerprint density at radius 3 is 2.52 bits per heavy atom. The van der Waals surface area contributed by atoms with Gasteiger partial charge < -0.3 is 15.5 Å². The molecule has 0 radical (unpaired) electrons. The minimum atomic E-state index is -0.380. The van der Waals surface area contributed by atoms with Crippen molar-refractivity contribution in [2.45, 2.75) is 56.7 Å². The van der Waals surface area contributed by atoms with E-state index < -0.39 is 0 Å². The van der Waals surface area contributed by atoms with E-state index >= 15 is 0 Å². The molecule has 134 valence electrons. The molecule has 1 aromatic carbocycles. The van der Waals surface area contributed by atoms with Gasteiger partial charge in [0.05, 0.1) is 4.92 Å². The molecule has 0 aromatic heterocycles. The van der Waals surface area contributed by atoms with Gasteiger partial charge in [0.25, 0.3) is 11.6 Å². The van der Waals surface area contributed by atoms with Crippen LogP contribution in [0.4, 0.5) is 11.4 Å². The fourth-order valence-corrected chi connectivity index (χ4v) is 4.48. The lowest BCUT2D eigenvalue weighted by Gasteiger charge is -2.29. The van der Waals surface area contributed by atoms with Gasteiger partial charge in [0.2, 0.25) is 0 Å². The third-order valence-electron chi connectivity index (χ3n) is 5.69. The van der Waals surface area contributed by atoms with E-state index in [1.807, 2.05) is 4.90 Å². The van der Waals surface area contributed by atoms with Crippen molar-refractivity contribution in [2.75, 3.05) is 18.0 Å². The van der Waals surface area contributed by atoms with Crippen molar-refractivity contribution in [2.24, 2.45) is 0 Å². The average Bonchev–Trinajstić information content (AvgIpc) is 3.24. The number of hydrogen-bond donors (Lipinski definition) is 2. The number of benzene rings is 1. The van der Waals surface area contributed by atoms with Gasteiger partial charge in [0.1, 0.15) is 5.69 Å². The maximum Gasteiger partial charge on any atom is 0.293 e. The molecular formula is C18H24N4O3. The van der Waals surface area contributed by atoms with Crippen molar-refractivity contribution in [3.63, 3.8) is 0 Å². The van der Waals surface area contributed by atoms with E-state index in [2.05, 4.69) is 10.6 Å². The lowest BCUT2D eigenvalue weighted by atomic mass is 9.99. The Bertz CT molecular complexity index is 675. The monoisotopic (exact) mass is 344 g/mol. The summed E-state index contributed by atoms with van der Waals surface area (Å²) in [6.45, 7) is 1.68. The summed E-state index contributed by atoms with van der Waals surface area (Å²) in [7, 11) is 0. The molecule has 1 amide bonds. The number of piperidine rings is 1. The Labute approximate surface area is 146 Å². The molecule has 7 heteroatoms. The highest BCUT2D eigenvalue weighted by atomic mass is 16.6. The van der Waals surface area contributed by atoms with E-state index in [-0.39, 0.29) is 22.6 Å². The number of nitrogens with zero attached hydrogens (tertiary/aromatic N) is 2. The normalized spacial score (nSPS) is 28.2. The van der Waals surface area contributed by atoms with E-state index in [0.29, 0.717) is 23.3 Å². The molecule has 2 atom stereocenters. The first-order valence-electron chi connectivity index (χ1n) is 9.20. The van der Waals surface area contributed by atoms with Gasteiger partial charge >= 0.3 is 0 Å². The number of nitrogens with one attached hydrogen (secondary N) is 2. The third-order valence-corrected chi connectivity index (χ3v) is 5.69. The van der Waals surface area contributed by atoms with Gasteiger partial charge in [-0.15, -0.1) is 0 Å². The maximum absolute atomic E-state index is 12.6. The molecule has 0 saturated carbocycles. The highest BCUT2D eigenvalue weighted by molar-refractivity contribution is 5.96. The molecule has 2 N–H and O–H groups in total. The second kappa shape index (κ2) is 6.63. The average molecular weight is 344 g/mol. The predicted octanol–water partition coefficient (Wildman–Crippen LogP) is 2.21. The van der Waals surface area contributed by atoms with Crippen LogP contribution in [0.1, 0.15) is 48.9 Å². The number of hydrogen-bond acceptors (Lipinski definition) is 5. The second-order valence-corrected chi connectivity index (χ2v) is 7.43. The number of carbonyl (C=O) groups is 1. The fraction of sp³-hybridized carbons (Fsp3) is 0.611. The van der Waals surface area contributed by atoms with Gasteiger partial charge in [-0.3, -0.25) is 14.9 Å². The van der Waals surface area contributed by atoms with E-state index in [4.69, 9.17) is 0 Å². The van der Waals surface area contributed by atoms with Crippen LogP contribution in [0, 0.1) is 10.1 Å². The standard InChI is InChI=1S/C18H24N4O3/c23-18(20-15-10-13-4-5-14(11-15)19-13)12-3-6-16(17(9-12)22(24)25)21-7-1-2-8-21/h3,6,9,13-15,19H,1-2,4-5,7-8,10-11H2,(H,20,23). The summed E-state index contributed by atoms with van der Waals surface area (Å²) >= 11 is 0. The number of nitro groups is 1. The molecule has 0 aliphatic carbocycles. The molecule has 7 nitrogen and oxygen atoms in total. The van der Waals surface area contributed by atoms with Gasteiger partial charge in [-0.1, -0.05) is 0 Å². The Morgan fingerprint density at radius 2 is 1.88 bits per heavy atom. The van der Waals surface area contributed by atoms with Crippen LogP contribution >= 0.6 is 0 Å². The van der Waals surface area contributed by atoms with Crippen LogP contribution in [-0.2, 0) is 0 Å². The number of anilines is 1.